The van der Waals surface area contributed by atoms with Gasteiger partial charge >= 0.3 is 0 Å². The third kappa shape index (κ3) is 5.67. The van der Waals surface area contributed by atoms with E-state index in [1.165, 1.54) is 22.3 Å². The van der Waals surface area contributed by atoms with Crippen molar-refractivity contribution in [3.63, 3.8) is 0 Å². The molecule has 3 aromatic rings. The van der Waals surface area contributed by atoms with Crippen molar-refractivity contribution in [2.45, 2.75) is 32.8 Å². The molecule has 0 amide bonds. The molecular weight excluding hydrogens is 400 g/mol. The first-order chi connectivity index (χ1) is 15.8. The van der Waals surface area contributed by atoms with Crippen LogP contribution in [0.3, 0.4) is 0 Å². The Balaban J connectivity index is 1.55. The van der Waals surface area contributed by atoms with E-state index in [4.69, 9.17) is 14.2 Å². The summed E-state index contributed by atoms with van der Waals surface area (Å²) >= 11 is 0. The molecule has 5 nitrogen and oxygen atoms in total. The fraction of sp³-hybridized carbons (Fsp3) is 0.370. The van der Waals surface area contributed by atoms with Gasteiger partial charge in [0.15, 0.2) is 0 Å². The number of nitrogens with zero attached hydrogens (tertiary/aromatic N) is 1. The maximum Gasteiger partial charge on any atom is 0.130 e. The Morgan fingerprint density at radius 2 is 1.78 bits per heavy atom. The summed E-state index contributed by atoms with van der Waals surface area (Å²) in [6.07, 6.45) is 4.89. The summed E-state index contributed by atoms with van der Waals surface area (Å²) in [5.74, 6) is 1.65. The van der Waals surface area contributed by atoms with E-state index < -0.39 is 0 Å². The quantitative estimate of drug-likeness (QED) is 0.501. The molecule has 4 rings (SSSR count). The van der Waals surface area contributed by atoms with Crippen LogP contribution in [0.25, 0.3) is 11.1 Å². The minimum absolute atomic E-state index is 0.384. The number of aryl methyl sites for hydroxylation is 1. The van der Waals surface area contributed by atoms with Crippen LogP contribution >= 0.6 is 0 Å². The molecule has 0 radical (unpaired) electrons. The molecule has 2 heterocycles. The van der Waals surface area contributed by atoms with Gasteiger partial charge in [0, 0.05) is 24.9 Å². The molecular formula is C27H32N2O3. The smallest absolute Gasteiger partial charge is 0.130 e. The monoisotopic (exact) mass is 432 g/mol. The lowest BCUT2D eigenvalue weighted by atomic mass is 9.95. The number of hydrogen-bond acceptors (Lipinski definition) is 5. The maximum absolute atomic E-state index is 6.27. The van der Waals surface area contributed by atoms with Crippen LogP contribution in [0, 0.1) is 0 Å². The molecule has 0 saturated heterocycles. The lowest BCUT2D eigenvalue weighted by Gasteiger charge is -2.15. The van der Waals surface area contributed by atoms with E-state index in [0.717, 1.165) is 55.1 Å². The van der Waals surface area contributed by atoms with E-state index in [9.17, 15) is 0 Å². The standard InChI is InChI=1S/C27H32N2O3/c1-3-20-4-7-27(32-19-24-18-25(10-13-29-24)31-15-14-30-2)26(16-20)23-6-5-21-8-11-28-12-9-22(21)17-23/h4-7,10,13,16-18,28H,3,8-9,11-12,14-15,19H2,1-2H3. The van der Waals surface area contributed by atoms with Crippen molar-refractivity contribution in [3.8, 4) is 22.6 Å². The summed E-state index contributed by atoms with van der Waals surface area (Å²) in [5.41, 5.74) is 7.36. The van der Waals surface area contributed by atoms with Crippen LogP contribution in [0.4, 0.5) is 0 Å². The molecule has 1 aliphatic heterocycles. The summed E-state index contributed by atoms with van der Waals surface area (Å²) < 4.78 is 17.0. The molecule has 0 aliphatic carbocycles. The molecule has 32 heavy (non-hydrogen) atoms. The minimum atomic E-state index is 0.384. The molecule has 0 fully saturated rings. The second-order valence-electron chi connectivity index (χ2n) is 8.03. The van der Waals surface area contributed by atoms with Gasteiger partial charge in [-0.05, 0) is 72.8 Å². The Labute approximate surface area is 190 Å². The largest absolute Gasteiger partial charge is 0.491 e. The normalized spacial score (nSPS) is 13.3. The predicted octanol–water partition coefficient (Wildman–Crippen LogP) is 4.60. The Kier molecular flexibility index (Phi) is 7.75. The molecule has 0 atom stereocenters. The number of fused-ring (bicyclic) bond motifs is 1. The van der Waals surface area contributed by atoms with Gasteiger partial charge < -0.3 is 19.5 Å². The number of aromatic nitrogens is 1. The molecule has 2 aromatic carbocycles. The first kappa shape index (κ1) is 22.3. The molecule has 1 aliphatic rings. The van der Waals surface area contributed by atoms with Crippen molar-refractivity contribution in [1.29, 1.82) is 0 Å². The first-order valence-corrected chi connectivity index (χ1v) is 11.4. The topological polar surface area (TPSA) is 52.6 Å². The number of pyridine rings is 1. The Bertz CT molecular complexity index is 1040. The highest BCUT2D eigenvalue weighted by molar-refractivity contribution is 5.72. The second kappa shape index (κ2) is 11.1. The lowest BCUT2D eigenvalue weighted by Crippen LogP contribution is -2.16. The summed E-state index contributed by atoms with van der Waals surface area (Å²) in [6.45, 7) is 5.71. The molecule has 168 valence electrons. The second-order valence-corrected chi connectivity index (χ2v) is 8.03. The van der Waals surface area contributed by atoms with Crippen molar-refractivity contribution in [2.75, 3.05) is 33.4 Å². The first-order valence-electron chi connectivity index (χ1n) is 11.4. The van der Waals surface area contributed by atoms with Gasteiger partial charge in [0.25, 0.3) is 0 Å². The summed E-state index contributed by atoms with van der Waals surface area (Å²) in [4.78, 5) is 4.44. The highest BCUT2D eigenvalue weighted by atomic mass is 16.5. The fourth-order valence-corrected chi connectivity index (χ4v) is 4.01. The van der Waals surface area contributed by atoms with Gasteiger partial charge in [0.05, 0.1) is 12.3 Å². The lowest BCUT2D eigenvalue weighted by molar-refractivity contribution is 0.146. The van der Waals surface area contributed by atoms with E-state index >= 15 is 0 Å². The van der Waals surface area contributed by atoms with Gasteiger partial charge in [-0.1, -0.05) is 31.2 Å². The van der Waals surface area contributed by atoms with Gasteiger partial charge in [0.2, 0.25) is 0 Å². The van der Waals surface area contributed by atoms with Crippen molar-refractivity contribution in [1.82, 2.24) is 10.3 Å². The predicted molar refractivity (Wildman–Crippen MR) is 127 cm³/mol. The minimum Gasteiger partial charge on any atom is -0.491 e. The van der Waals surface area contributed by atoms with Crippen LogP contribution in [0.15, 0.2) is 54.7 Å². The van der Waals surface area contributed by atoms with Crippen molar-refractivity contribution in [3.05, 3.63) is 77.1 Å². The summed E-state index contributed by atoms with van der Waals surface area (Å²) in [5, 5.41) is 3.49. The number of nitrogens with one attached hydrogen (secondary N) is 1. The highest BCUT2D eigenvalue weighted by Crippen LogP contribution is 2.33. The zero-order valence-corrected chi connectivity index (χ0v) is 19.0. The van der Waals surface area contributed by atoms with Gasteiger partial charge in [-0.2, -0.15) is 0 Å². The van der Waals surface area contributed by atoms with Crippen LogP contribution < -0.4 is 14.8 Å². The van der Waals surface area contributed by atoms with E-state index in [1.807, 2.05) is 12.1 Å². The zero-order chi connectivity index (χ0) is 22.2. The van der Waals surface area contributed by atoms with Crippen molar-refractivity contribution >= 4 is 0 Å². The summed E-state index contributed by atoms with van der Waals surface area (Å²) in [7, 11) is 1.66. The van der Waals surface area contributed by atoms with Crippen LogP contribution in [-0.4, -0.2) is 38.4 Å². The van der Waals surface area contributed by atoms with Crippen LogP contribution in [-0.2, 0) is 30.6 Å². The molecule has 1 N–H and O–H groups in total. The van der Waals surface area contributed by atoms with Crippen LogP contribution in [0.5, 0.6) is 11.5 Å². The average Bonchev–Trinajstić information content (AvgIpc) is 3.08. The van der Waals surface area contributed by atoms with Gasteiger partial charge in [-0.15, -0.1) is 0 Å². The highest BCUT2D eigenvalue weighted by Gasteiger charge is 2.13. The number of ether oxygens (including phenoxy) is 3. The van der Waals surface area contributed by atoms with E-state index in [2.05, 4.69) is 53.6 Å². The number of methoxy groups -OCH3 is 1. The molecule has 0 spiro atoms. The van der Waals surface area contributed by atoms with Crippen LogP contribution in [0.1, 0.15) is 29.3 Å². The van der Waals surface area contributed by atoms with E-state index in [0.29, 0.717) is 19.8 Å². The average molecular weight is 433 g/mol. The Morgan fingerprint density at radius 1 is 0.906 bits per heavy atom. The van der Waals surface area contributed by atoms with Crippen LogP contribution in [0.2, 0.25) is 0 Å². The third-order valence-corrected chi connectivity index (χ3v) is 5.83. The number of benzene rings is 2. The number of rotatable bonds is 9. The number of hydrogen-bond donors (Lipinski definition) is 1. The maximum atomic E-state index is 6.27. The fourth-order valence-electron chi connectivity index (χ4n) is 4.01. The van der Waals surface area contributed by atoms with Gasteiger partial charge in [0.1, 0.15) is 24.7 Å². The Morgan fingerprint density at radius 3 is 2.62 bits per heavy atom. The third-order valence-electron chi connectivity index (χ3n) is 5.83. The molecule has 0 unspecified atom stereocenters. The molecule has 0 bridgehead atoms. The van der Waals surface area contributed by atoms with Crippen molar-refractivity contribution in [2.24, 2.45) is 0 Å². The molecule has 1 aromatic heterocycles. The zero-order valence-electron chi connectivity index (χ0n) is 19.0. The SMILES string of the molecule is CCc1ccc(OCc2cc(OCCOC)ccn2)c(-c2ccc3c(c2)CCNCC3)c1. The molecule has 0 saturated carbocycles. The van der Waals surface area contributed by atoms with E-state index in [1.54, 1.807) is 13.3 Å². The van der Waals surface area contributed by atoms with Crippen molar-refractivity contribution < 1.29 is 14.2 Å². The van der Waals surface area contributed by atoms with Gasteiger partial charge in [-0.3, -0.25) is 4.98 Å². The van der Waals surface area contributed by atoms with E-state index in [-0.39, 0.29) is 0 Å². The Hall–Kier alpha value is -2.89. The van der Waals surface area contributed by atoms with Gasteiger partial charge in [-0.25, -0.2) is 0 Å². The molecule has 5 heteroatoms. The summed E-state index contributed by atoms with van der Waals surface area (Å²) in [6, 6.07) is 17.1.